The first-order chi connectivity index (χ1) is 8.17. The molecule has 17 heavy (non-hydrogen) atoms. The Hall–Kier alpha value is -0.610. The van der Waals surface area contributed by atoms with Crippen molar-refractivity contribution in [1.82, 2.24) is 10.3 Å². The van der Waals surface area contributed by atoms with Gasteiger partial charge in [0.15, 0.2) is 0 Å². The second-order valence-corrected chi connectivity index (χ2v) is 5.78. The maximum Gasteiger partial charge on any atom is 0.250 e. The molecule has 1 amide bonds. The summed E-state index contributed by atoms with van der Waals surface area (Å²) in [7, 11) is 0. The van der Waals surface area contributed by atoms with Crippen LogP contribution in [0, 0.1) is 5.41 Å². The van der Waals surface area contributed by atoms with Gasteiger partial charge in [-0.3, -0.25) is 15.1 Å². The maximum absolute atomic E-state index is 11.5. The third kappa shape index (κ3) is 2.80. The fourth-order valence-electron chi connectivity index (χ4n) is 3.47. The van der Waals surface area contributed by atoms with Gasteiger partial charge in [0.2, 0.25) is 0 Å². The van der Waals surface area contributed by atoms with E-state index < -0.39 is 0 Å². The fraction of sp³-hybridized carbons (Fsp3) is 0.923. The van der Waals surface area contributed by atoms with Gasteiger partial charge < -0.3 is 0 Å². The summed E-state index contributed by atoms with van der Waals surface area (Å²) < 4.78 is 0. The van der Waals surface area contributed by atoms with Crippen molar-refractivity contribution in [2.45, 2.75) is 57.9 Å². The molecule has 4 nitrogen and oxygen atoms in total. The number of rotatable bonds is 2. The Morgan fingerprint density at radius 2 is 1.76 bits per heavy atom. The average Bonchev–Trinajstić information content (AvgIpc) is 2.39. The van der Waals surface area contributed by atoms with Gasteiger partial charge in [0.05, 0.1) is 6.04 Å². The Morgan fingerprint density at radius 1 is 1.18 bits per heavy atom. The number of nitrogens with one attached hydrogen (secondary N) is 1. The van der Waals surface area contributed by atoms with Crippen LogP contribution in [0.15, 0.2) is 0 Å². The Bertz CT molecular complexity index is 264. The van der Waals surface area contributed by atoms with Crippen LogP contribution < -0.4 is 11.3 Å². The van der Waals surface area contributed by atoms with E-state index in [1.807, 2.05) is 6.92 Å². The van der Waals surface area contributed by atoms with Crippen LogP contribution in [0.5, 0.6) is 0 Å². The quantitative estimate of drug-likeness (QED) is 0.435. The smallest absolute Gasteiger partial charge is 0.250 e. The van der Waals surface area contributed by atoms with E-state index in [0.717, 1.165) is 13.1 Å². The molecule has 1 saturated carbocycles. The molecule has 0 aromatic carbocycles. The summed E-state index contributed by atoms with van der Waals surface area (Å²) in [5, 5.41) is 0. The zero-order chi connectivity index (χ0) is 12.3. The molecule has 2 aliphatic rings. The predicted molar refractivity (Wildman–Crippen MR) is 68.1 cm³/mol. The Kier molecular flexibility index (Phi) is 4.05. The van der Waals surface area contributed by atoms with Gasteiger partial charge in [-0.15, -0.1) is 0 Å². The molecular weight excluding hydrogens is 214 g/mol. The van der Waals surface area contributed by atoms with E-state index in [0.29, 0.717) is 5.41 Å². The lowest BCUT2D eigenvalue weighted by atomic mass is 9.68. The first-order valence-corrected chi connectivity index (χ1v) is 6.91. The van der Waals surface area contributed by atoms with E-state index in [4.69, 9.17) is 5.84 Å². The van der Waals surface area contributed by atoms with Crippen molar-refractivity contribution in [1.29, 1.82) is 0 Å². The highest BCUT2D eigenvalue weighted by molar-refractivity contribution is 5.80. The SMILES string of the molecule is CC(C(=O)NN)N1CCC2(CCCCC2)CC1. The number of piperidine rings is 1. The summed E-state index contributed by atoms with van der Waals surface area (Å²) in [6, 6.07) is -0.0825. The van der Waals surface area contributed by atoms with Crippen LogP contribution >= 0.6 is 0 Å². The Balaban J connectivity index is 1.86. The first kappa shape index (κ1) is 12.8. The van der Waals surface area contributed by atoms with Gasteiger partial charge in [-0.25, -0.2) is 5.84 Å². The molecule has 3 N–H and O–H groups in total. The summed E-state index contributed by atoms with van der Waals surface area (Å²) in [6.45, 7) is 4.05. The van der Waals surface area contributed by atoms with Crippen molar-refractivity contribution < 1.29 is 4.79 Å². The number of carbonyl (C=O) groups is 1. The largest absolute Gasteiger partial charge is 0.293 e. The highest BCUT2D eigenvalue weighted by atomic mass is 16.2. The van der Waals surface area contributed by atoms with Gasteiger partial charge in [0.1, 0.15) is 0 Å². The molecule has 0 aromatic heterocycles. The topological polar surface area (TPSA) is 58.4 Å². The molecular formula is C13H25N3O. The van der Waals surface area contributed by atoms with E-state index in [1.165, 1.54) is 44.9 Å². The molecule has 1 aliphatic heterocycles. The molecule has 2 rings (SSSR count). The highest BCUT2D eigenvalue weighted by Gasteiger charge is 2.37. The zero-order valence-electron chi connectivity index (χ0n) is 10.9. The van der Waals surface area contributed by atoms with Crippen molar-refractivity contribution in [2.24, 2.45) is 11.3 Å². The number of hydrogen-bond donors (Lipinski definition) is 2. The van der Waals surface area contributed by atoms with Crippen molar-refractivity contribution >= 4 is 5.91 Å². The van der Waals surface area contributed by atoms with Crippen LogP contribution in [0.2, 0.25) is 0 Å². The van der Waals surface area contributed by atoms with Gasteiger partial charge in [-0.1, -0.05) is 19.3 Å². The van der Waals surface area contributed by atoms with Crippen LogP contribution in [-0.2, 0) is 4.79 Å². The second kappa shape index (κ2) is 5.36. The number of hydrazine groups is 1. The second-order valence-electron chi connectivity index (χ2n) is 5.78. The van der Waals surface area contributed by atoms with Crippen LogP contribution in [0.3, 0.4) is 0 Å². The van der Waals surface area contributed by atoms with Crippen LogP contribution in [0.4, 0.5) is 0 Å². The van der Waals surface area contributed by atoms with E-state index in [1.54, 1.807) is 0 Å². The van der Waals surface area contributed by atoms with Crippen LogP contribution in [-0.4, -0.2) is 29.9 Å². The number of nitrogens with zero attached hydrogens (tertiary/aromatic N) is 1. The van der Waals surface area contributed by atoms with E-state index in [-0.39, 0.29) is 11.9 Å². The lowest BCUT2D eigenvalue weighted by Gasteiger charge is -2.45. The summed E-state index contributed by atoms with van der Waals surface area (Å²) >= 11 is 0. The van der Waals surface area contributed by atoms with Crippen LogP contribution in [0.1, 0.15) is 51.9 Å². The Labute approximate surface area is 104 Å². The minimum atomic E-state index is -0.0825. The van der Waals surface area contributed by atoms with E-state index in [9.17, 15) is 4.79 Å². The lowest BCUT2D eigenvalue weighted by Crippen LogP contribution is -2.51. The predicted octanol–water partition coefficient (Wildman–Crippen LogP) is 1.41. The maximum atomic E-state index is 11.5. The molecule has 2 fully saturated rings. The monoisotopic (exact) mass is 239 g/mol. The molecule has 1 heterocycles. The molecule has 0 aromatic rings. The minimum Gasteiger partial charge on any atom is -0.293 e. The van der Waals surface area contributed by atoms with Crippen molar-refractivity contribution in [2.75, 3.05) is 13.1 Å². The molecule has 1 saturated heterocycles. The minimum absolute atomic E-state index is 0.0652. The van der Waals surface area contributed by atoms with Crippen LogP contribution in [0.25, 0.3) is 0 Å². The summed E-state index contributed by atoms with van der Waals surface area (Å²) in [5.41, 5.74) is 2.86. The number of likely N-dealkylation sites (tertiary alicyclic amines) is 1. The lowest BCUT2D eigenvalue weighted by molar-refractivity contribution is -0.127. The van der Waals surface area contributed by atoms with Gasteiger partial charge in [-0.05, 0) is 51.1 Å². The third-order valence-electron chi connectivity index (χ3n) is 4.84. The zero-order valence-corrected chi connectivity index (χ0v) is 10.9. The number of nitrogens with two attached hydrogens (primary N) is 1. The van der Waals surface area contributed by atoms with Gasteiger partial charge in [-0.2, -0.15) is 0 Å². The normalized spacial score (nSPS) is 26.7. The van der Waals surface area contributed by atoms with Gasteiger partial charge in [0, 0.05) is 0 Å². The molecule has 0 radical (unpaired) electrons. The molecule has 1 spiro atoms. The summed E-state index contributed by atoms with van der Waals surface area (Å²) in [6.07, 6.45) is 9.54. The number of hydrogen-bond acceptors (Lipinski definition) is 3. The fourth-order valence-corrected chi connectivity index (χ4v) is 3.47. The van der Waals surface area contributed by atoms with Gasteiger partial charge in [0.25, 0.3) is 5.91 Å². The summed E-state index contributed by atoms with van der Waals surface area (Å²) in [5.74, 6) is 5.12. The standard InChI is InChI=1S/C13H25N3O/c1-11(12(17)15-14)16-9-7-13(8-10-16)5-3-2-4-6-13/h11H,2-10,14H2,1H3,(H,15,17). The third-order valence-corrected chi connectivity index (χ3v) is 4.84. The number of carbonyl (C=O) groups excluding carboxylic acids is 1. The molecule has 98 valence electrons. The number of amides is 1. The highest BCUT2D eigenvalue weighted by Crippen LogP contribution is 2.44. The molecule has 0 bridgehead atoms. The Morgan fingerprint density at radius 3 is 2.29 bits per heavy atom. The molecule has 1 unspecified atom stereocenters. The molecule has 4 heteroatoms. The summed E-state index contributed by atoms with van der Waals surface area (Å²) in [4.78, 5) is 13.8. The van der Waals surface area contributed by atoms with Crippen molar-refractivity contribution in [3.05, 3.63) is 0 Å². The van der Waals surface area contributed by atoms with Crippen molar-refractivity contribution in [3.8, 4) is 0 Å². The first-order valence-electron chi connectivity index (χ1n) is 6.91. The van der Waals surface area contributed by atoms with Gasteiger partial charge >= 0.3 is 0 Å². The van der Waals surface area contributed by atoms with E-state index in [2.05, 4.69) is 10.3 Å². The van der Waals surface area contributed by atoms with Crippen molar-refractivity contribution in [3.63, 3.8) is 0 Å². The average molecular weight is 239 g/mol. The molecule has 1 atom stereocenters. The van der Waals surface area contributed by atoms with E-state index >= 15 is 0 Å². The molecule has 1 aliphatic carbocycles.